The molecule has 1 aromatic heterocycles. The number of benzene rings is 2. The van der Waals surface area contributed by atoms with E-state index in [-0.39, 0.29) is 18.4 Å². The molecular weight excluding hydrogens is 488 g/mol. The summed E-state index contributed by atoms with van der Waals surface area (Å²) in [6.07, 6.45) is -1.25. The first kappa shape index (κ1) is 25.0. The van der Waals surface area contributed by atoms with Crippen LogP contribution in [0.5, 0.6) is 0 Å². The first-order valence-corrected chi connectivity index (χ1v) is 13.2. The van der Waals surface area contributed by atoms with Crippen molar-refractivity contribution < 1.29 is 19.1 Å². The maximum Gasteiger partial charge on any atom is 0.411 e. The number of piperazine rings is 1. The number of nitrogens with zero attached hydrogens (tertiary/aromatic N) is 3. The van der Waals surface area contributed by atoms with Crippen molar-refractivity contribution in [1.82, 2.24) is 14.7 Å². The Labute approximate surface area is 220 Å². The van der Waals surface area contributed by atoms with Crippen LogP contribution in [0.3, 0.4) is 0 Å². The van der Waals surface area contributed by atoms with Gasteiger partial charge in [0.05, 0.1) is 11.4 Å². The minimum Gasteiger partial charge on any atom is -0.438 e. The number of carbonyl (C=O) groups excluding carboxylic acids is 3. The average Bonchev–Trinajstić information content (AvgIpc) is 3.54. The first-order chi connectivity index (χ1) is 17.9. The number of anilines is 1. The van der Waals surface area contributed by atoms with Gasteiger partial charge < -0.3 is 19.9 Å². The number of hydrogen-bond acceptors (Lipinski definition) is 6. The number of carbonyl (C=O) groups is 3. The Morgan fingerprint density at radius 3 is 2.46 bits per heavy atom. The quantitative estimate of drug-likeness (QED) is 0.530. The largest absolute Gasteiger partial charge is 0.438 e. The number of thiophene rings is 1. The molecule has 0 unspecified atom stereocenters. The molecule has 1 N–H and O–H groups in total. The van der Waals surface area contributed by atoms with Gasteiger partial charge in [-0.25, -0.2) is 4.79 Å². The van der Waals surface area contributed by atoms with Crippen molar-refractivity contribution in [3.63, 3.8) is 0 Å². The van der Waals surface area contributed by atoms with Crippen LogP contribution in [0.1, 0.15) is 32.5 Å². The van der Waals surface area contributed by atoms with Crippen LogP contribution in [0.2, 0.25) is 0 Å². The molecule has 0 radical (unpaired) electrons. The van der Waals surface area contributed by atoms with Crippen LogP contribution < -0.4 is 5.32 Å². The van der Waals surface area contributed by atoms with E-state index in [9.17, 15) is 14.4 Å². The normalized spacial score (nSPS) is 20.1. The SMILES string of the molecule is Cc1cccc(CN2C(=O)O[C@@H](c3ccc(NC(=O)c4cccs4)cc3)[C@H]2C(=O)N2CCN(C)CC2)c1. The second-order valence-electron chi connectivity index (χ2n) is 9.55. The minimum atomic E-state index is -0.775. The highest BCUT2D eigenvalue weighted by molar-refractivity contribution is 7.12. The molecule has 2 aliphatic heterocycles. The molecule has 9 heteroatoms. The fourth-order valence-electron chi connectivity index (χ4n) is 4.77. The Morgan fingerprint density at radius 2 is 1.78 bits per heavy atom. The number of ether oxygens (including phenoxy) is 1. The van der Waals surface area contributed by atoms with Gasteiger partial charge in [-0.15, -0.1) is 11.3 Å². The van der Waals surface area contributed by atoms with Crippen molar-refractivity contribution in [2.45, 2.75) is 25.6 Å². The molecule has 8 nitrogen and oxygen atoms in total. The van der Waals surface area contributed by atoms with E-state index in [1.807, 2.05) is 66.7 Å². The van der Waals surface area contributed by atoms with Crippen molar-refractivity contribution in [3.05, 3.63) is 87.6 Å². The van der Waals surface area contributed by atoms with Gasteiger partial charge in [-0.1, -0.05) is 48.0 Å². The molecule has 37 heavy (non-hydrogen) atoms. The third-order valence-corrected chi connectivity index (χ3v) is 7.70. The fraction of sp³-hybridized carbons (Fsp3) is 0.321. The molecular formula is C28H30N4O4S. The lowest BCUT2D eigenvalue weighted by atomic mass is 9.99. The van der Waals surface area contributed by atoms with Gasteiger partial charge in [0.15, 0.2) is 12.1 Å². The third-order valence-electron chi connectivity index (χ3n) is 6.83. The van der Waals surface area contributed by atoms with Gasteiger partial charge in [-0.3, -0.25) is 14.5 Å². The highest BCUT2D eigenvalue weighted by Gasteiger charge is 2.48. The van der Waals surface area contributed by atoms with Gasteiger partial charge in [0.1, 0.15) is 0 Å². The van der Waals surface area contributed by atoms with E-state index in [2.05, 4.69) is 10.2 Å². The van der Waals surface area contributed by atoms with Gasteiger partial charge in [-0.2, -0.15) is 0 Å². The summed E-state index contributed by atoms with van der Waals surface area (Å²) in [5.74, 6) is -0.283. The zero-order valence-electron chi connectivity index (χ0n) is 20.9. The molecule has 0 spiro atoms. The number of amides is 3. The maximum absolute atomic E-state index is 13.8. The second kappa shape index (κ2) is 10.7. The van der Waals surface area contributed by atoms with E-state index in [0.29, 0.717) is 29.2 Å². The van der Waals surface area contributed by atoms with Crippen molar-refractivity contribution >= 4 is 34.9 Å². The molecule has 0 aliphatic carbocycles. The summed E-state index contributed by atoms with van der Waals surface area (Å²) in [7, 11) is 2.04. The van der Waals surface area contributed by atoms with Crippen LogP contribution in [-0.2, 0) is 16.1 Å². The van der Waals surface area contributed by atoms with E-state index in [1.54, 1.807) is 23.1 Å². The molecule has 2 aromatic carbocycles. The van der Waals surface area contributed by atoms with Crippen LogP contribution in [0, 0.1) is 6.92 Å². The van der Waals surface area contributed by atoms with Crippen LogP contribution >= 0.6 is 11.3 Å². The number of hydrogen-bond donors (Lipinski definition) is 1. The fourth-order valence-corrected chi connectivity index (χ4v) is 5.39. The predicted molar refractivity (Wildman–Crippen MR) is 143 cm³/mol. The standard InChI is InChI=1S/C28H30N4O4S/c1-19-5-3-6-20(17-19)18-32-24(27(34)31-14-12-30(2)13-15-31)25(36-28(32)35)21-8-10-22(11-9-21)29-26(33)23-7-4-16-37-23/h3-11,16-17,24-25H,12-15,18H2,1-2H3,(H,29,33)/t24-,25-/m0/s1. The molecule has 3 heterocycles. The van der Waals surface area contributed by atoms with Crippen molar-refractivity contribution in [2.75, 3.05) is 38.5 Å². The average molecular weight is 519 g/mol. The summed E-state index contributed by atoms with van der Waals surface area (Å²) < 4.78 is 5.83. The lowest BCUT2D eigenvalue weighted by Gasteiger charge is -2.36. The minimum absolute atomic E-state index is 0.105. The van der Waals surface area contributed by atoms with E-state index >= 15 is 0 Å². The van der Waals surface area contributed by atoms with Gasteiger partial charge in [0.25, 0.3) is 5.91 Å². The summed E-state index contributed by atoms with van der Waals surface area (Å²) in [6.45, 7) is 5.08. The Hall–Kier alpha value is -3.69. The molecule has 3 amide bonds. The monoisotopic (exact) mass is 518 g/mol. The van der Waals surface area contributed by atoms with Gasteiger partial charge in [-0.05, 0) is 48.7 Å². The highest BCUT2D eigenvalue weighted by Crippen LogP contribution is 2.35. The second-order valence-corrected chi connectivity index (χ2v) is 10.5. The van der Waals surface area contributed by atoms with Gasteiger partial charge >= 0.3 is 6.09 Å². The molecule has 2 atom stereocenters. The summed E-state index contributed by atoms with van der Waals surface area (Å²) in [4.78, 5) is 45.5. The van der Waals surface area contributed by atoms with Crippen LogP contribution in [0.4, 0.5) is 10.5 Å². The Balaban J connectivity index is 1.39. The van der Waals surface area contributed by atoms with Crippen molar-refractivity contribution in [1.29, 1.82) is 0 Å². The first-order valence-electron chi connectivity index (χ1n) is 12.3. The van der Waals surface area contributed by atoms with Crippen LogP contribution in [0.25, 0.3) is 0 Å². The lowest BCUT2D eigenvalue weighted by molar-refractivity contribution is -0.138. The third kappa shape index (κ3) is 5.52. The Morgan fingerprint density at radius 1 is 1.03 bits per heavy atom. The van der Waals surface area contributed by atoms with Gasteiger partial charge in [0.2, 0.25) is 5.91 Å². The van der Waals surface area contributed by atoms with E-state index in [0.717, 1.165) is 24.2 Å². The molecule has 0 bridgehead atoms. The maximum atomic E-state index is 13.8. The summed E-state index contributed by atoms with van der Waals surface area (Å²) >= 11 is 1.37. The summed E-state index contributed by atoms with van der Waals surface area (Å²) in [5, 5.41) is 4.73. The summed E-state index contributed by atoms with van der Waals surface area (Å²) in [5.41, 5.74) is 3.37. The van der Waals surface area contributed by atoms with E-state index in [1.165, 1.54) is 11.3 Å². The summed E-state index contributed by atoms with van der Waals surface area (Å²) in [6, 6.07) is 17.9. The Kier molecular flexibility index (Phi) is 7.25. The molecule has 3 aromatic rings. The molecule has 2 saturated heterocycles. The molecule has 5 rings (SSSR count). The number of nitrogens with one attached hydrogen (secondary N) is 1. The predicted octanol–water partition coefficient (Wildman–Crippen LogP) is 4.14. The molecule has 0 saturated carbocycles. The zero-order valence-corrected chi connectivity index (χ0v) is 21.7. The Bertz CT molecular complexity index is 1270. The topological polar surface area (TPSA) is 82.2 Å². The number of aryl methyl sites for hydroxylation is 1. The van der Waals surface area contributed by atoms with Crippen LogP contribution in [-0.4, -0.2) is 71.9 Å². The number of likely N-dealkylation sites (N-methyl/N-ethyl adjacent to an activating group) is 1. The van der Waals surface area contributed by atoms with E-state index < -0.39 is 18.2 Å². The van der Waals surface area contributed by atoms with Gasteiger partial charge in [0, 0.05) is 31.9 Å². The van der Waals surface area contributed by atoms with E-state index in [4.69, 9.17) is 4.74 Å². The smallest absolute Gasteiger partial charge is 0.411 e. The molecule has 2 fully saturated rings. The lowest BCUT2D eigenvalue weighted by Crippen LogP contribution is -2.54. The number of cyclic esters (lactones) is 1. The molecule has 2 aliphatic rings. The molecule has 192 valence electrons. The number of rotatable bonds is 6. The zero-order chi connectivity index (χ0) is 25.9. The van der Waals surface area contributed by atoms with Crippen molar-refractivity contribution in [2.24, 2.45) is 0 Å². The highest BCUT2D eigenvalue weighted by atomic mass is 32.1. The van der Waals surface area contributed by atoms with Crippen molar-refractivity contribution in [3.8, 4) is 0 Å². The van der Waals surface area contributed by atoms with Crippen LogP contribution in [0.15, 0.2) is 66.0 Å².